The zero-order valence-corrected chi connectivity index (χ0v) is 13.3. The lowest BCUT2D eigenvalue weighted by atomic mass is 10.2. The molecule has 122 valence electrons. The number of hydrogen-bond donors (Lipinski definition) is 2. The van der Waals surface area contributed by atoms with Crippen LogP contribution in [0.5, 0.6) is 5.75 Å². The number of rotatable bonds is 7. The SMILES string of the molecule is CCOc1ccccc1Nc1cc(NCC2CCCO2)ncn1. The van der Waals surface area contributed by atoms with Gasteiger partial charge in [0.2, 0.25) is 0 Å². The largest absolute Gasteiger partial charge is 0.492 e. The van der Waals surface area contributed by atoms with E-state index in [-0.39, 0.29) is 6.10 Å². The van der Waals surface area contributed by atoms with Gasteiger partial charge in [0, 0.05) is 19.2 Å². The first kappa shape index (κ1) is 15.6. The second-order valence-corrected chi connectivity index (χ2v) is 5.36. The van der Waals surface area contributed by atoms with Crippen LogP contribution in [-0.2, 0) is 4.74 Å². The van der Waals surface area contributed by atoms with Gasteiger partial charge in [0.15, 0.2) is 0 Å². The molecule has 1 atom stereocenters. The van der Waals surface area contributed by atoms with Gasteiger partial charge in [-0.1, -0.05) is 12.1 Å². The number of anilines is 3. The van der Waals surface area contributed by atoms with Crippen LogP contribution in [-0.4, -0.2) is 35.8 Å². The highest BCUT2D eigenvalue weighted by Gasteiger charge is 2.15. The van der Waals surface area contributed by atoms with Crippen LogP contribution in [0.4, 0.5) is 17.3 Å². The molecule has 3 rings (SSSR count). The Balaban J connectivity index is 1.65. The van der Waals surface area contributed by atoms with Crippen molar-refractivity contribution >= 4 is 17.3 Å². The second-order valence-electron chi connectivity index (χ2n) is 5.36. The minimum atomic E-state index is 0.278. The molecule has 1 saturated heterocycles. The number of hydrogen-bond acceptors (Lipinski definition) is 6. The van der Waals surface area contributed by atoms with Gasteiger partial charge in [0.05, 0.1) is 18.4 Å². The Bertz CT molecular complexity index is 629. The van der Waals surface area contributed by atoms with Gasteiger partial charge in [0.1, 0.15) is 23.7 Å². The van der Waals surface area contributed by atoms with Gasteiger partial charge in [-0.25, -0.2) is 9.97 Å². The Kier molecular flexibility index (Phi) is 5.26. The lowest BCUT2D eigenvalue weighted by molar-refractivity contribution is 0.120. The quantitative estimate of drug-likeness (QED) is 0.818. The normalized spacial score (nSPS) is 17.0. The molecule has 0 saturated carbocycles. The fourth-order valence-electron chi connectivity index (χ4n) is 2.54. The zero-order valence-electron chi connectivity index (χ0n) is 13.3. The topological polar surface area (TPSA) is 68.3 Å². The van der Waals surface area contributed by atoms with Crippen molar-refractivity contribution in [3.63, 3.8) is 0 Å². The summed E-state index contributed by atoms with van der Waals surface area (Å²) in [4.78, 5) is 8.52. The minimum Gasteiger partial charge on any atom is -0.492 e. The number of aromatic nitrogens is 2. The predicted molar refractivity (Wildman–Crippen MR) is 90.4 cm³/mol. The number of ether oxygens (including phenoxy) is 2. The van der Waals surface area contributed by atoms with Gasteiger partial charge in [-0.2, -0.15) is 0 Å². The molecule has 1 aliphatic heterocycles. The van der Waals surface area contributed by atoms with E-state index in [4.69, 9.17) is 9.47 Å². The van der Waals surface area contributed by atoms with Gasteiger partial charge >= 0.3 is 0 Å². The highest BCUT2D eigenvalue weighted by molar-refractivity contribution is 5.65. The highest BCUT2D eigenvalue weighted by Crippen LogP contribution is 2.27. The van der Waals surface area contributed by atoms with Crippen molar-refractivity contribution in [1.82, 2.24) is 9.97 Å². The van der Waals surface area contributed by atoms with Crippen molar-refractivity contribution < 1.29 is 9.47 Å². The van der Waals surface area contributed by atoms with E-state index in [1.54, 1.807) is 6.33 Å². The fourth-order valence-corrected chi connectivity index (χ4v) is 2.54. The molecule has 1 fully saturated rings. The van der Waals surface area contributed by atoms with Gasteiger partial charge in [-0.05, 0) is 31.9 Å². The van der Waals surface area contributed by atoms with Crippen LogP contribution in [0.3, 0.4) is 0 Å². The predicted octanol–water partition coefficient (Wildman–Crippen LogP) is 3.21. The Hall–Kier alpha value is -2.34. The van der Waals surface area contributed by atoms with Crippen LogP contribution in [0.2, 0.25) is 0 Å². The molecule has 2 N–H and O–H groups in total. The summed E-state index contributed by atoms with van der Waals surface area (Å²) >= 11 is 0. The smallest absolute Gasteiger partial charge is 0.142 e. The summed E-state index contributed by atoms with van der Waals surface area (Å²) < 4.78 is 11.2. The molecule has 0 amide bonds. The Morgan fingerprint density at radius 1 is 1.26 bits per heavy atom. The van der Waals surface area contributed by atoms with Gasteiger partial charge in [-0.15, -0.1) is 0 Å². The van der Waals surface area contributed by atoms with Crippen LogP contribution >= 0.6 is 0 Å². The van der Waals surface area contributed by atoms with E-state index in [9.17, 15) is 0 Å². The van der Waals surface area contributed by atoms with Gasteiger partial charge in [-0.3, -0.25) is 0 Å². The number of para-hydroxylation sites is 2. The Morgan fingerprint density at radius 3 is 2.96 bits per heavy atom. The maximum absolute atomic E-state index is 5.62. The van der Waals surface area contributed by atoms with Crippen LogP contribution < -0.4 is 15.4 Å². The molecule has 1 aromatic carbocycles. The molecule has 1 aliphatic rings. The van der Waals surface area contributed by atoms with E-state index in [0.717, 1.165) is 49.1 Å². The average Bonchev–Trinajstić information content (AvgIpc) is 3.09. The van der Waals surface area contributed by atoms with E-state index in [2.05, 4.69) is 20.6 Å². The van der Waals surface area contributed by atoms with Crippen molar-refractivity contribution in [2.45, 2.75) is 25.9 Å². The molecule has 0 radical (unpaired) electrons. The first-order valence-electron chi connectivity index (χ1n) is 8.01. The molecular formula is C17H22N4O2. The molecule has 1 unspecified atom stereocenters. The first-order valence-corrected chi connectivity index (χ1v) is 8.01. The molecule has 0 aliphatic carbocycles. The van der Waals surface area contributed by atoms with Gasteiger partial charge in [0.25, 0.3) is 0 Å². The molecule has 23 heavy (non-hydrogen) atoms. The summed E-state index contributed by atoms with van der Waals surface area (Å²) in [5.41, 5.74) is 0.887. The van der Waals surface area contributed by atoms with Crippen molar-refractivity contribution in [2.24, 2.45) is 0 Å². The second kappa shape index (κ2) is 7.78. The molecule has 1 aromatic heterocycles. The monoisotopic (exact) mass is 314 g/mol. The van der Waals surface area contributed by atoms with Crippen molar-refractivity contribution in [3.05, 3.63) is 36.7 Å². The average molecular weight is 314 g/mol. The van der Waals surface area contributed by atoms with Crippen LogP contribution in [0.15, 0.2) is 36.7 Å². The molecule has 2 heterocycles. The lowest BCUT2D eigenvalue weighted by Gasteiger charge is -2.13. The van der Waals surface area contributed by atoms with Crippen LogP contribution in [0, 0.1) is 0 Å². The summed E-state index contributed by atoms with van der Waals surface area (Å²) in [5.74, 6) is 2.32. The number of benzene rings is 1. The lowest BCUT2D eigenvalue weighted by Crippen LogP contribution is -2.19. The maximum atomic E-state index is 5.62. The Morgan fingerprint density at radius 2 is 2.13 bits per heavy atom. The summed E-state index contributed by atoms with van der Waals surface area (Å²) in [7, 11) is 0. The third-order valence-corrected chi connectivity index (χ3v) is 3.65. The summed E-state index contributed by atoms with van der Waals surface area (Å²) in [5, 5.41) is 6.58. The first-order chi connectivity index (χ1) is 11.3. The van der Waals surface area contributed by atoms with Crippen LogP contribution in [0.1, 0.15) is 19.8 Å². The van der Waals surface area contributed by atoms with Crippen LogP contribution in [0.25, 0.3) is 0 Å². The number of nitrogens with zero attached hydrogens (tertiary/aromatic N) is 2. The summed E-state index contributed by atoms with van der Waals surface area (Å²) in [6.07, 6.45) is 4.06. The van der Waals surface area contributed by atoms with Crippen molar-refractivity contribution in [2.75, 3.05) is 30.4 Å². The minimum absolute atomic E-state index is 0.278. The molecular weight excluding hydrogens is 292 g/mol. The maximum Gasteiger partial charge on any atom is 0.142 e. The molecule has 0 spiro atoms. The molecule has 2 aromatic rings. The van der Waals surface area contributed by atoms with E-state index in [1.165, 1.54) is 0 Å². The molecule has 6 nitrogen and oxygen atoms in total. The Labute approximate surface area is 136 Å². The molecule has 0 bridgehead atoms. The van der Waals surface area contributed by atoms with E-state index in [1.807, 2.05) is 37.3 Å². The van der Waals surface area contributed by atoms with E-state index >= 15 is 0 Å². The van der Waals surface area contributed by atoms with Gasteiger partial charge < -0.3 is 20.1 Å². The third kappa shape index (κ3) is 4.32. The fraction of sp³-hybridized carbons (Fsp3) is 0.412. The highest BCUT2D eigenvalue weighted by atomic mass is 16.5. The summed E-state index contributed by atoms with van der Waals surface area (Å²) in [6.45, 7) is 4.22. The standard InChI is InChI=1S/C17H22N4O2/c1-2-22-15-8-4-3-7-14(15)21-17-10-16(19-12-20-17)18-11-13-6-5-9-23-13/h3-4,7-8,10,12-13H,2,5-6,9,11H2,1H3,(H2,18,19,20,21). The number of nitrogens with one attached hydrogen (secondary N) is 2. The van der Waals surface area contributed by atoms with Crippen molar-refractivity contribution in [1.29, 1.82) is 0 Å². The zero-order chi connectivity index (χ0) is 15.9. The molecule has 6 heteroatoms. The van der Waals surface area contributed by atoms with E-state index < -0.39 is 0 Å². The third-order valence-electron chi connectivity index (χ3n) is 3.65. The van der Waals surface area contributed by atoms with E-state index in [0.29, 0.717) is 6.61 Å². The summed E-state index contributed by atoms with van der Waals surface area (Å²) in [6, 6.07) is 9.70. The van der Waals surface area contributed by atoms with Crippen molar-refractivity contribution in [3.8, 4) is 5.75 Å².